The lowest BCUT2D eigenvalue weighted by molar-refractivity contribution is -0.384. The summed E-state index contributed by atoms with van der Waals surface area (Å²) in [6, 6.07) is 10.4. The van der Waals surface area contributed by atoms with Crippen molar-refractivity contribution >= 4 is 38.7 Å². The average Bonchev–Trinajstić information content (AvgIpc) is 3.27. The highest BCUT2D eigenvalue weighted by molar-refractivity contribution is 7.92. The number of rotatable bonds is 8. The lowest BCUT2D eigenvalue weighted by Crippen LogP contribution is -2.47. The fourth-order valence-corrected chi connectivity index (χ4v) is 5.20. The smallest absolute Gasteiger partial charge is 0.271 e. The number of carbonyl (C=O) groups is 1. The fraction of sp³-hybridized carbons (Fsp3) is 0.409. The number of aryl methyl sites for hydroxylation is 1. The standard InChI is InChI=1S/C22H28N4O5S/c1-4-20(22(27)23-17-8-11-18(12-9-17)24-13-5-6-14-24)25(32(3,30)31)21-15-19(26(28)29)10-7-16(21)2/h7-12,15,20H,4-6,13-14H2,1-3H3,(H,23,27). The normalized spacial score (nSPS) is 14.8. The molecule has 1 atom stereocenters. The second-order valence-corrected chi connectivity index (χ2v) is 9.80. The van der Waals surface area contributed by atoms with Crippen LogP contribution in [-0.2, 0) is 14.8 Å². The van der Waals surface area contributed by atoms with E-state index in [1.165, 1.54) is 18.2 Å². The Morgan fingerprint density at radius 2 is 1.81 bits per heavy atom. The number of nitrogens with one attached hydrogen (secondary N) is 1. The van der Waals surface area contributed by atoms with Crippen molar-refractivity contribution in [1.29, 1.82) is 0 Å². The number of carbonyl (C=O) groups excluding carboxylic acids is 1. The summed E-state index contributed by atoms with van der Waals surface area (Å²) in [5.74, 6) is -0.502. The molecule has 1 amide bonds. The lowest BCUT2D eigenvalue weighted by atomic mass is 10.1. The quantitative estimate of drug-likeness (QED) is 0.475. The van der Waals surface area contributed by atoms with Crippen LogP contribution in [0.5, 0.6) is 0 Å². The first-order valence-electron chi connectivity index (χ1n) is 10.5. The van der Waals surface area contributed by atoms with Gasteiger partial charge >= 0.3 is 0 Å². The maximum atomic E-state index is 13.1. The third-order valence-electron chi connectivity index (χ3n) is 5.58. The molecule has 1 saturated heterocycles. The molecule has 0 bridgehead atoms. The van der Waals surface area contributed by atoms with E-state index in [1.807, 2.05) is 12.1 Å². The van der Waals surface area contributed by atoms with Gasteiger partial charge in [0.05, 0.1) is 16.9 Å². The van der Waals surface area contributed by atoms with Crippen LogP contribution in [0.15, 0.2) is 42.5 Å². The molecular formula is C22H28N4O5S. The molecule has 0 radical (unpaired) electrons. The van der Waals surface area contributed by atoms with Crippen LogP contribution in [0.25, 0.3) is 0 Å². The predicted octanol–water partition coefficient (Wildman–Crippen LogP) is 3.69. The molecule has 1 aliphatic rings. The molecule has 1 fully saturated rings. The summed E-state index contributed by atoms with van der Waals surface area (Å²) < 4.78 is 26.3. The molecule has 1 N–H and O–H groups in total. The van der Waals surface area contributed by atoms with Gasteiger partial charge in [-0.2, -0.15) is 0 Å². The summed E-state index contributed by atoms with van der Waals surface area (Å²) in [5, 5.41) is 14.0. The Kier molecular flexibility index (Phi) is 7.02. The van der Waals surface area contributed by atoms with Gasteiger partial charge in [0.15, 0.2) is 0 Å². The number of anilines is 3. The first-order valence-corrected chi connectivity index (χ1v) is 12.4. The minimum atomic E-state index is -3.91. The number of nitro benzene ring substituents is 1. The van der Waals surface area contributed by atoms with Crippen molar-refractivity contribution in [3.63, 3.8) is 0 Å². The number of non-ortho nitro benzene ring substituents is 1. The highest BCUT2D eigenvalue weighted by Crippen LogP contribution is 2.30. The third kappa shape index (κ3) is 5.18. The average molecular weight is 461 g/mol. The van der Waals surface area contributed by atoms with Gasteiger partial charge in [0.25, 0.3) is 5.69 Å². The molecule has 9 nitrogen and oxygen atoms in total. The summed E-state index contributed by atoms with van der Waals surface area (Å²) in [5.41, 5.74) is 2.03. The van der Waals surface area contributed by atoms with Gasteiger partial charge in [-0.15, -0.1) is 0 Å². The van der Waals surface area contributed by atoms with Gasteiger partial charge in [-0.3, -0.25) is 19.2 Å². The van der Waals surface area contributed by atoms with E-state index in [1.54, 1.807) is 26.0 Å². The fourth-order valence-electron chi connectivity index (χ4n) is 3.94. The third-order valence-corrected chi connectivity index (χ3v) is 6.74. The molecule has 10 heteroatoms. The van der Waals surface area contributed by atoms with Crippen molar-refractivity contribution in [2.75, 3.05) is 33.9 Å². The SMILES string of the molecule is CCC(C(=O)Nc1ccc(N2CCCC2)cc1)N(c1cc([N+](=O)[O-])ccc1C)S(C)(=O)=O. The van der Waals surface area contributed by atoms with E-state index in [0.29, 0.717) is 11.3 Å². The molecule has 1 heterocycles. The zero-order valence-corrected chi connectivity index (χ0v) is 19.3. The molecule has 3 rings (SSSR count). The van der Waals surface area contributed by atoms with Crippen molar-refractivity contribution in [3.05, 3.63) is 58.1 Å². The van der Waals surface area contributed by atoms with Crippen LogP contribution in [0, 0.1) is 17.0 Å². The minimum absolute atomic E-state index is 0.119. The molecule has 0 spiro atoms. The molecule has 0 aromatic heterocycles. The second kappa shape index (κ2) is 9.56. The largest absolute Gasteiger partial charge is 0.372 e. The molecule has 2 aromatic rings. The van der Waals surface area contributed by atoms with Gasteiger partial charge in [-0.1, -0.05) is 13.0 Å². The van der Waals surface area contributed by atoms with Gasteiger partial charge in [0.1, 0.15) is 6.04 Å². The molecule has 0 saturated carbocycles. The van der Waals surface area contributed by atoms with Crippen molar-refractivity contribution in [2.45, 2.75) is 39.2 Å². The van der Waals surface area contributed by atoms with Gasteiger partial charge in [-0.05, 0) is 56.0 Å². The molecule has 1 unspecified atom stereocenters. The van der Waals surface area contributed by atoms with E-state index >= 15 is 0 Å². The Hall–Kier alpha value is -3.14. The van der Waals surface area contributed by atoms with E-state index < -0.39 is 26.9 Å². The van der Waals surface area contributed by atoms with Crippen LogP contribution in [0.4, 0.5) is 22.7 Å². The number of amides is 1. The van der Waals surface area contributed by atoms with E-state index in [-0.39, 0.29) is 17.8 Å². The van der Waals surface area contributed by atoms with Crippen LogP contribution in [0.3, 0.4) is 0 Å². The van der Waals surface area contributed by atoms with Gasteiger partial charge in [0, 0.05) is 36.6 Å². The number of nitro groups is 1. The predicted molar refractivity (Wildman–Crippen MR) is 126 cm³/mol. The monoisotopic (exact) mass is 460 g/mol. The highest BCUT2D eigenvalue weighted by atomic mass is 32.2. The summed E-state index contributed by atoms with van der Waals surface area (Å²) in [6.07, 6.45) is 3.50. The topological polar surface area (TPSA) is 113 Å². The Bertz CT molecular complexity index is 1100. The summed E-state index contributed by atoms with van der Waals surface area (Å²) in [4.78, 5) is 26.0. The second-order valence-electron chi connectivity index (χ2n) is 7.94. The Labute approximate surface area is 188 Å². The minimum Gasteiger partial charge on any atom is -0.372 e. The van der Waals surface area contributed by atoms with E-state index in [4.69, 9.17) is 0 Å². The maximum absolute atomic E-state index is 13.1. The molecule has 2 aromatic carbocycles. The van der Waals surface area contributed by atoms with Crippen molar-refractivity contribution in [1.82, 2.24) is 0 Å². The number of sulfonamides is 1. The van der Waals surface area contributed by atoms with E-state index in [2.05, 4.69) is 10.2 Å². The van der Waals surface area contributed by atoms with Crippen molar-refractivity contribution < 1.29 is 18.1 Å². The van der Waals surface area contributed by atoms with Gasteiger partial charge in [0.2, 0.25) is 15.9 Å². The van der Waals surface area contributed by atoms with Gasteiger partial charge < -0.3 is 10.2 Å². The van der Waals surface area contributed by atoms with Crippen LogP contribution < -0.4 is 14.5 Å². The first-order chi connectivity index (χ1) is 15.1. The summed E-state index contributed by atoms with van der Waals surface area (Å²) in [6.45, 7) is 5.37. The van der Waals surface area contributed by atoms with Crippen LogP contribution >= 0.6 is 0 Å². The molecule has 172 valence electrons. The molecule has 0 aliphatic carbocycles. The summed E-state index contributed by atoms with van der Waals surface area (Å²) in [7, 11) is -3.91. The molecule has 1 aliphatic heterocycles. The molecular weight excluding hydrogens is 432 g/mol. The zero-order chi connectivity index (χ0) is 23.5. The van der Waals surface area contributed by atoms with Gasteiger partial charge in [-0.25, -0.2) is 8.42 Å². The Morgan fingerprint density at radius 1 is 1.19 bits per heavy atom. The van der Waals surface area contributed by atoms with Crippen molar-refractivity contribution in [2.24, 2.45) is 0 Å². The number of benzene rings is 2. The first kappa shape index (κ1) is 23.5. The zero-order valence-electron chi connectivity index (χ0n) is 18.4. The highest BCUT2D eigenvalue weighted by Gasteiger charge is 2.33. The Balaban J connectivity index is 1.88. The van der Waals surface area contributed by atoms with E-state index in [9.17, 15) is 23.3 Å². The number of hydrogen-bond acceptors (Lipinski definition) is 6. The number of hydrogen-bond donors (Lipinski definition) is 1. The summed E-state index contributed by atoms with van der Waals surface area (Å²) >= 11 is 0. The molecule has 32 heavy (non-hydrogen) atoms. The maximum Gasteiger partial charge on any atom is 0.271 e. The van der Waals surface area contributed by atoms with Crippen LogP contribution in [0.1, 0.15) is 31.7 Å². The lowest BCUT2D eigenvalue weighted by Gasteiger charge is -2.31. The van der Waals surface area contributed by atoms with Crippen LogP contribution in [0.2, 0.25) is 0 Å². The Morgan fingerprint density at radius 3 is 2.34 bits per heavy atom. The van der Waals surface area contributed by atoms with E-state index in [0.717, 1.165) is 42.2 Å². The van der Waals surface area contributed by atoms with Crippen molar-refractivity contribution in [3.8, 4) is 0 Å². The number of nitrogens with zero attached hydrogens (tertiary/aromatic N) is 3. The van der Waals surface area contributed by atoms with Crippen LogP contribution in [-0.4, -0.2) is 44.6 Å².